The standard InChI is InChI=1S/C16H19BrN4O.ClH/c17-12-4-3-6-13(10-12)21-9-7-15(19-21)16(22)20-8-2-1-5-14(20)11-18;/h3-4,6-7,9-10,14H,1-2,5,8,11,18H2;1H. The van der Waals surface area contributed by atoms with Crippen molar-refractivity contribution in [2.75, 3.05) is 13.1 Å². The average Bonchev–Trinajstić information content (AvgIpc) is 3.04. The van der Waals surface area contributed by atoms with Crippen LogP contribution in [0, 0.1) is 0 Å². The van der Waals surface area contributed by atoms with Gasteiger partial charge in [0.15, 0.2) is 5.69 Å². The number of amides is 1. The number of carbonyl (C=O) groups is 1. The number of aromatic nitrogens is 2. The highest BCUT2D eigenvalue weighted by Gasteiger charge is 2.27. The number of nitrogens with zero attached hydrogens (tertiary/aromatic N) is 3. The Kier molecular flexibility index (Phi) is 6.21. The Morgan fingerprint density at radius 2 is 2.17 bits per heavy atom. The molecule has 2 heterocycles. The van der Waals surface area contributed by atoms with E-state index in [1.54, 1.807) is 10.7 Å². The highest BCUT2D eigenvalue weighted by Crippen LogP contribution is 2.19. The van der Waals surface area contributed by atoms with Gasteiger partial charge in [-0.3, -0.25) is 4.79 Å². The van der Waals surface area contributed by atoms with E-state index >= 15 is 0 Å². The molecule has 1 atom stereocenters. The maximum atomic E-state index is 12.7. The minimum absolute atomic E-state index is 0. The second-order valence-corrected chi connectivity index (χ2v) is 6.42. The molecule has 7 heteroatoms. The lowest BCUT2D eigenvalue weighted by molar-refractivity contribution is 0.0617. The van der Waals surface area contributed by atoms with E-state index in [1.807, 2.05) is 35.4 Å². The Labute approximate surface area is 150 Å². The number of nitrogens with two attached hydrogens (primary N) is 1. The Bertz CT molecular complexity index is 676. The quantitative estimate of drug-likeness (QED) is 0.863. The first-order chi connectivity index (χ1) is 10.7. The van der Waals surface area contributed by atoms with Crippen molar-refractivity contribution in [1.29, 1.82) is 0 Å². The van der Waals surface area contributed by atoms with E-state index in [1.165, 1.54) is 0 Å². The Morgan fingerprint density at radius 3 is 2.91 bits per heavy atom. The summed E-state index contributed by atoms with van der Waals surface area (Å²) in [6, 6.07) is 9.72. The van der Waals surface area contributed by atoms with Gasteiger partial charge < -0.3 is 10.6 Å². The van der Waals surface area contributed by atoms with Crippen molar-refractivity contribution in [3.63, 3.8) is 0 Å². The zero-order chi connectivity index (χ0) is 15.5. The molecule has 5 nitrogen and oxygen atoms in total. The maximum Gasteiger partial charge on any atom is 0.274 e. The lowest BCUT2D eigenvalue weighted by Gasteiger charge is -2.34. The summed E-state index contributed by atoms with van der Waals surface area (Å²) in [5.74, 6) is -0.0242. The van der Waals surface area contributed by atoms with Crippen molar-refractivity contribution in [3.8, 4) is 5.69 Å². The molecular weight excluding hydrogens is 380 g/mol. The average molecular weight is 400 g/mol. The first kappa shape index (κ1) is 18.0. The molecule has 0 bridgehead atoms. The number of hydrogen-bond donors (Lipinski definition) is 1. The second-order valence-electron chi connectivity index (χ2n) is 5.51. The number of hydrogen-bond acceptors (Lipinski definition) is 3. The van der Waals surface area contributed by atoms with Crippen LogP contribution >= 0.6 is 28.3 Å². The Balaban J connectivity index is 0.00000192. The van der Waals surface area contributed by atoms with Gasteiger partial charge in [-0.15, -0.1) is 12.4 Å². The van der Waals surface area contributed by atoms with Gasteiger partial charge in [0, 0.05) is 29.8 Å². The van der Waals surface area contributed by atoms with Crippen molar-refractivity contribution >= 4 is 34.2 Å². The van der Waals surface area contributed by atoms with Gasteiger partial charge in [0.25, 0.3) is 5.91 Å². The zero-order valence-electron chi connectivity index (χ0n) is 12.7. The third kappa shape index (κ3) is 3.94. The Morgan fingerprint density at radius 1 is 1.35 bits per heavy atom. The van der Waals surface area contributed by atoms with Crippen LogP contribution in [0.1, 0.15) is 29.8 Å². The van der Waals surface area contributed by atoms with Crippen LogP contribution in [0.15, 0.2) is 41.0 Å². The van der Waals surface area contributed by atoms with E-state index in [0.717, 1.165) is 36.0 Å². The summed E-state index contributed by atoms with van der Waals surface area (Å²) in [5, 5.41) is 4.43. The van der Waals surface area contributed by atoms with E-state index < -0.39 is 0 Å². The van der Waals surface area contributed by atoms with Crippen molar-refractivity contribution in [2.24, 2.45) is 5.73 Å². The topological polar surface area (TPSA) is 64.2 Å². The predicted molar refractivity (Wildman–Crippen MR) is 96.2 cm³/mol. The minimum atomic E-state index is -0.0242. The van der Waals surface area contributed by atoms with Crippen LogP contribution in [0.3, 0.4) is 0 Å². The molecule has 23 heavy (non-hydrogen) atoms. The van der Waals surface area contributed by atoms with Gasteiger partial charge in [-0.25, -0.2) is 4.68 Å². The number of halogens is 2. The SMILES string of the molecule is Cl.NCC1CCCCN1C(=O)c1ccn(-c2cccc(Br)c2)n1. The summed E-state index contributed by atoms with van der Waals surface area (Å²) >= 11 is 3.44. The molecule has 0 saturated carbocycles. The smallest absolute Gasteiger partial charge is 0.274 e. The molecule has 1 aliphatic rings. The van der Waals surface area contributed by atoms with Gasteiger partial charge in [0.2, 0.25) is 0 Å². The molecule has 0 spiro atoms. The van der Waals surface area contributed by atoms with Crippen LogP contribution in [-0.2, 0) is 0 Å². The van der Waals surface area contributed by atoms with E-state index in [0.29, 0.717) is 12.2 Å². The van der Waals surface area contributed by atoms with Gasteiger partial charge in [-0.1, -0.05) is 22.0 Å². The number of carbonyl (C=O) groups excluding carboxylic acids is 1. The summed E-state index contributed by atoms with van der Waals surface area (Å²) in [7, 11) is 0. The fourth-order valence-corrected chi connectivity index (χ4v) is 3.25. The molecule has 1 aromatic carbocycles. The molecule has 0 aliphatic carbocycles. The molecule has 0 radical (unpaired) electrons. The van der Waals surface area contributed by atoms with E-state index in [2.05, 4.69) is 21.0 Å². The largest absolute Gasteiger partial charge is 0.333 e. The zero-order valence-corrected chi connectivity index (χ0v) is 15.1. The van der Waals surface area contributed by atoms with Crippen molar-refractivity contribution in [1.82, 2.24) is 14.7 Å². The summed E-state index contributed by atoms with van der Waals surface area (Å²) < 4.78 is 2.70. The minimum Gasteiger partial charge on any atom is -0.333 e. The van der Waals surface area contributed by atoms with Crippen LogP contribution in [0.2, 0.25) is 0 Å². The van der Waals surface area contributed by atoms with Crippen LogP contribution in [0.25, 0.3) is 5.69 Å². The third-order valence-corrected chi connectivity index (χ3v) is 4.53. The number of likely N-dealkylation sites (tertiary alicyclic amines) is 1. The molecule has 124 valence electrons. The molecule has 2 N–H and O–H groups in total. The van der Waals surface area contributed by atoms with Gasteiger partial charge in [0.05, 0.1) is 5.69 Å². The molecule has 1 aromatic heterocycles. The summed E-state index contributed by atoms with van der Waals surface area (Å²) in [5.41, 5.74) is 7.19. The molecule has 1 fully saturated rings. The normalized spacial score (nSPS) is 17.7. The first-order valence-corrected chi connectivity index (χ1v) is 8.31. The first-order valence-electron chi connectivity index (χ1n) is 7.51. The van der Waals surface area contributed by atoms with Gasteiger partial charge in [0.1, 0.15) is 0 Å². The maximum absolute atomic E-state index is 12.7. The molecule has 1 saturated heterocycles. The van der Waals surface area contributed by atoms with E-state index in [4.69, 9.17) is 5.73 Å². The number of rotatable bonds is 3. The molecule has 1 amide bonds. The molecule has 1 unspecified atom stereocenters. The monoisotopic (exact) mass is 398 g/mol. The van der Waals surface area contributed by atoms with Crippen molar-refractivity contribution in [3.05, 3.63) is 46.7 Å². The number of benzene rings is 1. The fourth-order valence-electron chi connectivity index (χ4n) is 2.86. The summed E-state index contributed by atoms with van der Waals surface area (Å²) in [6.45, 7) is 1.28. The van der Waals surface area contributed by atoms with Crippen LogP contribution in [0.5, 0.6) is 0 Å². The Hall–Kier alpha value is -1.37. The second kappa shape index (κ2) is 7.95. The summed E-state index contributed by atoms with van der Waals surface area (Å²) in [6.07, 6.45) is 4.97. The molecule has 3 rings (SSSR count). The van der Waals surface area contributed by atoms with Crippen molar-refractivity contribution in [2.45, 2.75) is 25.3 Å². The van der Waals surface area contributed by atoms with Gasteiger partial charge >= 0.3 is 0 Å². The fraction of sp³-hybridized carbons (Fsp3) is 0.375. The molecule has 1 aliphatic heterocycles. The van der Waals surface area contributed by atoms with E-state index in [-0.39, 0.29) is 24.4 Å². The predicted octanol–water partition coefficient (Wildman–Crippen LogP) is 3.01. The number of piperidine rings is 1. The van der Waals surface area contributed by atoms with Crippen LogP contribution < -0.4 is 5.73 Å². The summed E-state index contributed by atoms with van der Waals surface area (Å²) in [4.78, 5) is 14.5. The van der Waals surface area contributed by atoms with Gasteiger partial charge in [-0.2, -0.15) is 5.10 Å². The van der Waals surface area contributed by atoms with Crippen molar-refractivity contribution < 1.29 is 4.79 Å². The highest BCUT2D eigenvalue weighted by atomic mass is 79.9. The molecule has 2 aromatic rings. The van der Waals surface area contributed by atoms with Crippen LogP contribution in [0.4, 0.5) is 0 Å². The van der Waals surface area contributed by atoms with E-state index in [9.17, 15) is 4.79 Å². The van der Waals surface area contributed by atoms with Gasteiger partial charge in [-0.05, 0) is 43.5 Å². The third-order valence-electron chi connectivity index (χ3n) is 4.04. The van der Waals surface area contributed by atoms with Crippen LogP contribution in [-0.4, -0.2) is 39.7 Å². The highest BCUT2D eigenvalue weighted by molar-refractivity contribution is 9.10. The lowest BCUT2D eigenvalue weighted by Crippen LogP contribution is -2.47. The lowest BCUT2D eigenvalue weighted by atomic mass is 10.0. The molecular formula is C16H20BrClN4O.